The topological polar surface area (TPSA) is 58.6 Å². The Morgan fingerprint density at radius 3 is 2.44 bits per heavy atom. The van der Waals surface area contributed by atoms with Crippen molar-refractivity contribution in [1.29, 1.82) is 0 Å². The molecule has 4 nitrogen and oxygen atoms in total. The van der Waals surface area contributed by atoms with Gasteiger partial charge in [-0.1, -0.05) is 12.1 Å². The fourth-order valence-electron chi connectivity index (χ4n) is 1.60. The second kappa shape index (κ2) is 5.23. The van der Waals surface area contributed by atoms with Crippen molar-refractivity contribution in [2.24, 2.45) is 0 Å². The molecule has 0 aliphatic carbocycles. The van der Waals surface area contributed by atoms with Crippen LogP contribution in [-0.4, -0.2) is 18.2 Å². The number of nitrogens with one attached hydrogen (secondary N) is 1. The zero-order valence-corrected chi connectivity index (χ0v) is 9.88. The van der Waals surface area contributed by atoms with Crippen molar-refractivity contribution in [3.63, 3.8) is 0 Å². The van der Waals surface area contributed by atoms with Crippen molar-refractivity contribution in [3.05, 3.63) is 54.1 Å². The second-order valence-electron chi connectivity index (χ2n) is 3.74. The van der Waals surface area contributed by atoms with Crippen LogP contribution in [0.15, 0.2) is 48.5 Å². The van der Waals surface area contributed by atoms with Crippen molar-refractivity contribution >= 4 is 17.3 Å². The Kier molecular flexibility index (Phi) is 3.48. The van der Waals surface area contributed by atoms with Gasteiger partial charge in [0.05, 0.1) is 12.7 Å². The maximum Gasteiger partial charge on any atom is 0.335 e. The minimum atomic E-state index is -0.940. The summed E-state index contributed by atoms with van der Waals surface area (Å²) in [7, 11) is 1.60. The van der Waals surface area contributed by atoms with Crippen molar-refractivity contribution in [3.8, 4) is 5.75 Å². The number of ether oxygens (including phenoxy) is 1. The van der Waals surface area contributed by atoms with Crippen LogP contribution in [0.5, 0.6) is 5.75 Å². The first-order chi connectivity index (χ1) is 8.69. The molecule has 0 unspecified atom stereocenters. The Bertz CT molecular complexity index is 566. The Labute approximate surface area is 105 Å². The van der Waals surface area contributed by atoms with E-state index in [-0.39, 0.29) is 5.56 Å². The van der Waals surface area contributed by atoms with Crippen LogP contribution in [0.4, 0.5) is 11.4 Å². The average molecular weight is 243 g/mol. The predicted molar refractivity (Wildman–Crippen MR) is 69.7 cm³/mol. The molecule has 0 radical (unpaired) electrons. The van der Waals surface area contributed by atoms with Crippen LogP contribution in [0.25, 0.3) is 0 Å². The van der Waals surface area contributed by atoms with Gasteiger partial charge in [-0.3, -0.25) is 0 Å². The zero-order valence-electron chi connectivity index (χ0n) is 9.88. The van der Waals surface area contributed by atoms with Gasteiger partial charge in [0.2, 0.25) is 0 Å². The summed E-state index contributed by atoms with van der Waals surface area (Å²) < 4.78 is 5.12. The Hall–Kier alpha value is -2.49. The number of methoxy groups -OCH3 is 1. The lowest BCUT2D eigenvalue weighted by molar-refractivity contribution is 0.0697. The van der Waals surface area contributed by atoms with E-state index in [0.29, 0.717) is 0 Å². The predicted octanol–water partition coefficient (Wildman–Crippen LogP) is 3.14. The third kappa shape index (κ3) is 2.79. The molecule has 18 heavy (non-hydrogen) atoms. The highest BCUT2D eigenvalue weighted by molar-refractivity contribution is 5.89. The number of hydrogen-bond acceptors (Lipinski definition) is 3. The summed E-state index contributed by atoms with van der Waals surface area (Å²) in [6.07, 6.45) is 0. The Balaban J connectivity index is 2.22. The SMILES string of the molecule is COc1cccc(Nc2cccc(C(=O)O)c2)c1. The van der Waals surface area contributed by atoms with Crippen LogP contribution < -0.4 is 10.1 Å². The summed E-state index contributed by atoms with van der Waals surface area (Å²) in [6.45, 7) is 0. The van der Waals surface area contributed by atoms with Gasteiger partial charge in [0.1, 0.15) is 5.75 Å². The molecule has 0 aliphatic heterocycles. The quantitative estimate of drug-likeness (QED) is 0.866. The maximum atomic E-state index is 10.9. The van der Waals surface area contributed by atoms with Crippen LogP contribution in [0, 0.1) is 0 Å². The van der Waals surface area contributed by atoms with Gasteiger partial charge in [-0.2, -0.15) is 0 Å². The summed E-state index contributed by atoms with van der Waals surface area (Å²) in [5.41, 5.74) is 1.82. The molecule has 92 valence electrons. The highest BCUT2D eigenvalue weighted by Crippen LogP contribution is 2.21. The van der Waals surface area contributed by atoms with E-state index in [9.17, 15) is 4.79 Å². The van der Waals surface area contributed by atoms with Gasteiger partial charge in [-0.25, -0.2) is 4.79 Å². The smallest absolute Gasteiger partial charge is 0.335 e. The number of carboxylic acids is 1. The van der Waals surface area contributed by atoms with Gasteiger partial charge in [0.25, 0.3) is 0 Å². The monoisotopic (exact) mass is 243 g/mol. The summed E-state index contributed by atoms with van der Waals surface area (Å²) >= 11 is 0. The van der Waals surface area contributed by atoms with E-state index in [1.54, 1.807) is 25.3 Å². The molecule has 0 aliphatic rings. The molecule has 0 aromatic heterocycles. The number of rotatable bonds is 4. The van der Waals surface area contributed by atoms with Crippen molar-refractivity contribution < 1.29 is 14.6 Å². The fourth-order valence-corrected chi connectivity index (χ4v) is 1.60. The van der Waals surface area contributed by atoms with E-state index in [1.165, 1.54) is 0 Å². The van der Waals surface area contributed by atoms with Crippen LogP contribution in [0.3, 0.4) is 0 Å². The number of carboxylic acid groups (broad SMARTS) is 1. The van der Waals surface area contributed by atoms with Crippen LogP contribution in [0.2, 0.25) is 0 Å². The number of aromatic carboxylic acids is 1. The van der Waals surface area contributed by atoms with Gasteiger partial charge < -0.3 is 15.2 Å². The molecule has 2 rings (SSSR count). The molecule has 0 heterocycles. The van der Waals surface area contributed by atoms with Crippen molar-refractivity contribution in [2.45, 2.75) is 0 Å². The summed E-state index contributed by atoms with van der Waals surface area (Å²) in [4.78, 5) is 10.9. The normalized spacial score (nSPS) is 9.83. The van der Waals surface area contributed by atoms with E-state index in [0.717, 1.165) is 17.1 Å². The minimum absolute atomic E-state index is 0.253. The number of hydrogen-bond donors (Lipinski definition) is 2. The Morgan fingerprint density at radius 1 is 1.11 bits per heavy atom. The van der Waals surface area contributed by atoms with E-state index < -0.39 is 5.97 Å². The lowest BCUT2D eigenvalue weighted by Crippen LogP contribution is -1.97. The third-order valence-electron chi connectivity index (χ3n) is 2.47. The van der Waals surface area contributed by atoms with E-state index in [1.807, 2.05) is 30.3 Å². The molecule has 0 amide bonds. The molecule has 2 N–H and O–H groups in total. The number of benzene rings is 2. The van der Waals surface area contributed by atoms with E-state index >= 15 is 0 Å². The lowest BCUT2D eigenvalue weighted by atomic mass is 10.2. The van der Waals surface area contributed by atoms with Gasteiger partial charge in [0, 0.05) is 17.4 Å². The summed E-state index contributed by atoms with van der Waals surface area (Å²) in [5, 5.41) is 12.0. The molecule has 0 fully saturated rings. The average Bonchev–Trinajstić information content (AvgIpc) is 2.39. The number of anilines is 2. The molecule has 0 bridgehead atoms. The highest BCUT2D eigenvalue weighted by Gasteiger charge is 2.03. The molecular formula is C14H13NO3. The van der Waals surface area contributed by atoms with Crippen molar-refractivity contribution in [2.75, 3.05) is 12.4 Å². The molecule has 0 atom stereocenters. The van der Waals surface area contributed by atoms with Gasteiger partial charge in [-0.05, 0) is 30.3 Å². The fraction of sp³-hybridized carbons (Fsp3) is 0.0714. The summed E-state index contributed by atoms with van der Waals surface area (Å²) in [6, 6.07) is 14.1. The lowest BCUT2D eigenvalue weighted by Gasteiger charge is -2.08. The van der Waals surface area contributed by atoms with E-state index in [2.05, 4.69) is 5.32 Å². The second-order valence-corrected chi connectivity index (χ2v) is 3.74. The standard InChI is InChI=1S/C14H13NO3/c1-18-13-7-3-6-12(9-13)15-11-5-2-4-10(8-11)14(16)17/h2-9,15H,1H3,(H,16,17). The molecule has 0 saturated carbocycles. The van der Waals surface area contributed by atoms with Crippen LogP contribution in [-0.2, 0) is 0 Å². The highest BCUT2D eigenvalue weighted by atomic mass is 16.5. The summed E-state index contributed by atoms with van der Waals surface area (Å²) in [5.74, 6) is -0.196. The Morgan fingerprint density at radius 2 is 1.78 bits per heavy atom. The van der Waals surface area contributed by atoms with Crippen molar-refractivity contribution in [1.82, 2.24) is 0 Å². The molecule has 4 heteroatoms. The van der Waals surface area contributed by atoms with E-state index in [4.69, 9.17) is 9.84 Å². The third-order valence-corrected chi connectivity index (χ3v) is 2.47. The van der Waals surface area contributed by atoms with Gasteiger partial charge in [0.15, 0.2) is 0 Å². The molecule has 2 aromatic rings. The van der Waals surface area contributed by atoms with Crippen LogP contribution in [0.1, 0.15) is 10.4 Å². The first-order valence-corrected chi connectivity index (χ1v) is 5.43. The molecule has 0 spiro atoms. The molecular weight excluding hydrogens is 230 g/mol. The largest absolute Gasteiger partial charge is 0.497 e. The zero-order chi connectivity index (χ0) is 13.0. The maximum absolute atomic E-state index is 10.9. The van der Waals surface area contributed by atoms with Gasteiger partial charge in [-0.15, -0.1) is 0 Å². The molecule has 2 aromatic carbocycles. The number of carbonyl (C=O) groups is 1. The van der Waals surface area contributed by atoms with Crippen LogP contribution >= 0.6 is 0 Å². The first-order valence-electron chi connectivity index (χ1n) is 5.43. The first kappa shape index (κ1) is 12.0. The minimum Gasteiger partial charge on any atom is -0.497 e. The van der Waals surface area contributed by atoms with Gasteiger partial charge >= 0.3 is 5.97 Å². The molecule has 0 saturated heterocycles.